The summed E-state index contributed by atoms with van der Waals surface area (Å²) in [6.07, 6.45) is -1.60. The Morgan fingerprint density at radius 2 is 2.12 bits per heavy atom. The molecule has 16 heavy (non-hydrogen) atoms. The van der Waals surface area contributed by atoms with Crippen molar-refractivity contribution in [1.82, 2.24) is 4.90 Å². The smallest absolute Gasteiger partial charge is 0.255 e. The van der Waals surface area contributed by atoms with Crippen molar-refractivity contribution < 1.29 is 18.8 Å². The summed E-state index contributed by atoms with van der Waals surface area (Å²) in [6.45, 7) is 1.16. The zero-order valence-corrected chi connectivity index (χ0v) is 9.36. The Morgan fingerprint density at radius 3 is 2.50 bits per heavy atom. The molecular formula is C9H17F2N3O2. The number of hydrogen-bond donors (Lipinski definition) is 2. The van der Waals surface area contributed by atoms with Gasteiger partial charge in [-0.2, -0.15) is 0 Å². The SMILES string of the molecule is CCCC(C(=O)N(C)CC(F)F)C(N)=NO. The monoisotopic (exact) mass is 237 g/mol. The number of halogens is 2. The van der Waals surface area contributed by atoms with E-state index in [0.29, 0.717) is 12.8 Å². The molecule has 0 spiro atoms. The molecule has 0 radical (unpaired) electrons. The molecule has 0 aromatic rings. The lowest BCUT2D eigenvalue weighted by atomic mass is 10.0. The molecule has 0 rings (SSSR count). The van der Waals surface area contributed by atoms with E-state index in [-0.39, 0.29) is 5.84 Å². The third kappa shape index (κ3) is 4.41. The standard InChI is InChI=1S/C9H17F2N3O2/c1-3-4-6(8(12)13-16)9(15)14(2)5-7(10)11/h6-7,16H,3-5H2,1-2H3,(H2,12,13). The number of carbonyl (C=O) groups is 1. The van der Waals surface area contributed by atoms with Crippen LogP contribution < -0.4 is 5.73 Å². The average molecular weight is 237 g/mol. The number of nitrogens with zero attached hydrogens (tertiary/aromatic N) is 2. The summed E-state index contributed by atoms with van der Waals surface area (Å²) in [7, 11) is 1.27. The van der Waals surface area contributed by atoms with Crippen LogP contribution in [0.25, 0.3) is 0 Å². The van der Waals surface area contributed by atoms with Crippen molar-refractivity contribution >= 4 is 11.7 Å². The summed E-state index contributed by atoms with van der Waals surface area (Å²) in [6, 6.07) is 0. The molecule has 0 aromatic heterocycles. The quantitative estimate of drug-likeness (QED) is 0.311. The van der Waals surface area contributed by atoms with Crippen molar-refractivity contribution in [3.05, 3.63) is 0 Å². The predicted octanol–water partition coefficient (Wildman–Crippen LogP) is 0.873. The van der Waals surface area contributed by atoms with Crippen LogP contribution in [0.2, 0.25) is 0 Å². The molecule has 3 N–H and O–H groups in total. The minimum absolute atomic E-state index is 0.243. The third-order valence-corrected chi connectivity index (χ3v) is 2.14. The first-order valence-corrected chi connectivity index (χ1v) is 4.94. The van der Waals surface area contributed by atoms with Gasteiger partial charge in [0, 0.05) is 7.05 Å². The highest BCUT2D eigenvalue weighted by Gasteiger charge is 2.26. The highest BCUT2D eigenvalue weighted by Crippen LogP contribution is 2.11. The van der Waals surface area contributed by atoms with E-state index in [1.165, 1.54) is 7.05 Å². The van der Waals surface area contributed by atoms with Gasteiger partial charge < -0.3 is 15.8 Å². The van der Waals surface area contributed by atoms with Gasteiger partial charge in [-0.3, -0.25) is 4.79 Å². The number of carbonyl (C=O) groups excluding carboxylic acids is 1. The molecule has 0 aliphatic rings. The van der Waals surface area contributed by atoms with Gasteiger partial charge in [0.15, 0.2) is 5.84 Å². The molecule has 0 aliphatic heterocycles. The van der Waals surface area contributed by atoms with E-state index in [4.69, 9.17) is 10.9 Å². The Morgan fingerprint density at radius 1 is 1.56 bits per heavy atom. The topological polar surface area (TPSA) is 78.9 Å². The van der Waals surface area contributed by atoms with Gasteiger partial charge >= 0.3 is 0 Å². The van der Waals surface area contributed by atoms with E-state index in [0.717, 1.165) is 4.90 Å². The normalized spacial score (nSPS) is 13.9. The molecule has 94 valence electrons. The van der Waals surface area contributed by atoms with E-state index < -0.39 is 24.8 Å². The van der Waals surface area contributed by atoms with Crippen molar-refractivity contribution in [3.63, 3.8) is 0 Å². The summed E-state index contributed by atoms with van der Waals surface area (Å²) >= 11 is 0. The lowest BCUT2D eigenvalue weighted by Gasteiger charge is -2.22. The Hall–Kier alpha value is -1.40. The van der Waals surface area contributed by atoms with E-state index in [1.54, 1.807) is 0 Å². The summed E-state index contributed by atoms with van der Waals surface area (Å²) in [5.74, 6) is -1.64. The Bertz CT molecular complexity index is 259. The molecule has 7 heteroatoms. The first-order valence-electron chi connectivity index (χ1n) is 4.94. The molecule has 0 fully saturated rings. The third-order valence-electron chi connectivity index (χ3n) is 2.14. The van der Waals surface area contributed by atoms with Crippen LogP contribution in [0.3, 0.4) is 0 Å². The van der Waals surface area contributed by atoms with Gasteiger partial charge in [0.2, 0.25) is 5.91 Å². The van der Waals surface area contributed by atoms with Gasteiger partial charge in [-0.1, -0.05) is 18.5 Å². The number of alkyl halides is 2. The molecule has 0 heterocycles. The first kappa shape index (κ1) is 14.6. The molecule has 0 aromatic carbocycles. The van der Waals surface area contributed by atoms with Crippen molar-refractivity contribution in [2.24, 2.45) is 16.8 Å². The fraction of sp³-hybridized carbons (Fsp3) is 0.778. The van der Waals surface area contributed by atoms with Crippen LogP contribution in [-0.2, 0) is 4.79 Å². The number of amides is 1. The van der Waals surface area contributed by atoms with Crippen LogP contribution in [0, 0.1) is 5.92 Å². The Labute approximate surface area is 92.9 Å². The summed E-state index contributed by atoms with van der Waals surface area (Å²) in [4.78, 5) is 12.6. The zero-order valence-electron chi connectivity index (χ0n) is 9.36. The molecule has 0 bridgehead atoms. The van der Waals surface area contributed by atoms with E-state index in [2.05, 4.69) is 5.16 Å². The summed E-state index contributed by atoms with van der Waals surface area (Å²) in [5.41, 5.74) is 5.34. The number of hydrogen-bond acceptors (Lipinski definition) is 3. The lowest BCUT2D eigenvalue weighted by Crippen LogP contribution is -2.41. The van der Waals surface area contributed by atoms with Crippen LogP contribution in [0.15, 0.2) is 5.16 Å². The Balaban J connectivity index is 4.60. The van der Waals surface area contributed by atoms with E-state index in [1.807, 2.05) is 6.92 Å². The van der Waals surface area contributed by atoms with Crippen molar-refractivity contribution in [2.45, 2.75) is 26.2 Å². The highest BCUT2D eigenvalue weighted by atomic mass is 19.3. The average Bonchev–Trinajstić information content (AvgIpc) is 2.23. The first-order chi connectivity index (χ1) is 7.43. The van der Waals surface area contributed by atoms with Crippen LogP contribution in [-0.4, -0.2) is 41.9 Å². The van der Waals surface area contributed by atoms with Crippen molar-refractivity contribution in [3.8, 4) is 0 Å². The fourth-order valence-corrected chi connectivity index (χ4v) is 1.32. The predicted molar refractivity (Wildman–Crippen MR) is 55.4 cm³/mol. The van der Waals surface area contributed by atoms with Gasteiger partial charge in [-0.05, 0) is 6.42 Å². The van der Waals surface area contributed by atoms with Gasteiger partial charge in [-0.15, -0.1) is 0 Å². The number of nitrogens with two attached hydrogens (primary N) is 1. The molecule has 0 saturated heterocycles. The second kappa shape index (κ2) is 6.97. The van der Waals surface area contributed by atoms with Crippen LogP contribution >= 0.6 is 0 Å². The molecule has 1 unspecified atom stereocenters. The minimum atomic E-state index is -2.59. The molecule has 0 saturated carbocycles. The van der Waals surface area contributed by atoms with Gasteiger partial charge in [0.1, 0.15) is 0 Å². The van der Waals surface area contributed by atoms with Crippen molar-refractivity contribution in [2.75, 3.05) is 13.6 Å². The van der Waals surface area contributed by atoms with Crippen LogP contribution in [0.5, 0.6) is 0 Å². The second-order valence-electron chi connectivity index (χ2n) is 3.48. The highest BCUT2D eigenvalue weighted by molar-refractivity contribution is 6.01. The maximum Gasteiger partial charge on any atom is 0.255 e. The zero-order chi connectivity index (χ0) is 12.7. The molecule has 1 atom stereocenters. The lowest BCUT2D eigenvalue weighted by molar-refractivity contribution is -0.134. The molecule has 1 amide bonds. The van der Waals surface area contributed by atoms with Crippen LogP contribution in [0.1, 0.15) is 19.8 Å². The molecule has 5 nitrogen and oxygen atoms in total. The largest absolute Gasteiger partial charge is 0.409 e. The summed E-state index contributed by atoms with van der Waals surface area (Å²) in [5, 5.41) is 11.2. The van der Waals surface area contributed by atoms with E-state index >= 15 is 0 Å². The van der Waals surface area contributed by atoms with Gasteiger partial charge in [0.25, 0.3) is 6.43 Å². The van der Waals surface area contributed by atoms with E-state index in [9.17, 15) is 13.6 Å². The fourth-order valence-electron chi connectivity index (χ4n) is 1.32. The van der Waals surface area contributed by atoms with Crippen LogP contribution in [0.4, 0.5) is 8.78 Å². The second-order valence-corrected chi connectivity index (χ2v) is 3.48. The number of oxime groups is 1. The molecular weight excluding hydrogens is 220 g/mol. The maximum absolute atomic E-state index is 12.1. The minimum Gasteiger partial charge on any atom is -0.409 e. The number of amidine groups is 1. The van der Waals surface area contributed by atoms with Gasteiger partial charge in [-0.25, -0.2) is 8.78 Å². The number of rotatable bonds is 6. The van der Waals surface area contributed by atoms with Gasteiger partial charge in [0.05, 0.1) is 12.5 Å². The van der Waals surface area contributed by atoms with Crippen molar-refractivity contribution in [1.29, 1.82) is 0 Å². The Kier molecular flexibility index (Phi) is 6.36. The maximum atomic E-state index is 12.1. The summed E-state index contributed by atoms with van der Waals surface area (Å²) < 4.78 is 24.1. The molecule has 0 aliphatic carbocycles.